The Morgan fingerprint density at radius 2 is 1.46 bits per heavy atom. The second-order valence-electron chi connectivity index (χ2n) is 7.81. The normalized spacial score (nSPS) is 16.6. The van der Waals surface area contributed by atoms with Gasteiger partial charge in [-0.25, -0.2) is 0 Å². The maximum Gasteiger partial charge on any atom is 0.307 e. The second-order valence-corrected chi connectivity index (χ2v) is 7.81. The SMILES string of the molecule is O=C(O)C(CCCc1ccc(-c2ccccc2)cc1)[C@@H](C(=O)O)C1CCCC1. The summed E-state index contributed by atoms with van der Waals surface area (Å²) in [6, 6.07) is 18.5. The molecule has 0 heterocycles. The third-order valence-electron chi connectivity index (χ3n) is 5.99. The van der Waals surface area contributed by atoms with Crippen LogP contribution in [0.15, 0.2) is 54.6 Å². The van der Waals surface area contributed by atoms with E-state index in [9.17, 15) is 19.8 Å². The maximum atomic E-state index is 11.8. The Bertz CT molecular complexity index is 776. The number of carboxylic acids is 2. The van der Waals surface area contributed by atoms with Gasteiger partial charge < -0.3 is 10.2 Å². The zero-order valence-electron chi connectivity index (χ0n) is 16.1. The van der Waals surface area contributed by atoms with Gasteiger partial charge in [0, 0.05) is 0 Å². The van der Waals surface area contributed by atoms with Crippen molar-refractivity contribution in [3.05, 3.63) is 60.2 Å². The highest BCUT2D eigenvalue weighted by molar-refractivity contribution is 5.80. The Hall–Kier alpha value is -2.62. The smallest absolute Gasteiger partial charge is 0.307 e. The molecule has 2 N–H and O–H groups in total. The molecule has 0 bridgehead atoms. The first-order valence-corrected chi connectivity index (χ1v) is 10.2. The molecule has 2 aromatic carbocycles. The third kappa shape index (κ3) is 5.00. The lowest BCUT2D eigenvalue weighted by atomic mass is 9.78. The maximum absolute atomic E-state index is 11.8. The number of rotatable bonds is 9. The van der Waals surface area contributed by atoms with Crippen molar-refractivity contribution in [1.29, 1.82) is 0 Å². The quantitative estimate of drug-likeness (QED) is 0.621. The predicted octanol–water partition coefficient (Wildman–Crippen LogP) is 5.27. The van der Waals surface area contributed by atoms with Crippen molar-refractivity contribution >= 4 is 11.9 Å². The Morgan fingerprint density at radius 1 is 0.857 bits per heavy atom. The van der Waals surface area contributed by atoms with Crippen LogP contribution >= 0.6 is 0 Å². The summed E-state index contributed by atoms with van der Waals surface area (Å²) in [6.07, 6.45) is 5.53. The van der Waals surface area contributed by atoms with E-state index in [1.165, 1.54) is 5.56 Å². The zero-order valence-corrected chi connectivity index (χ0v) is 16.1. The Labute approximate surface area is 166 Å². The van der Waals surface area contributed by atoms with E-state index in [4.69, 9.17) is 0 Å². The van der Waals surface area contributed by atoms with Crippen LogP contribution in [0.5, 0.6) is 0 Å². The number of aliphatic carboxylic acids is 2. The third-order valence-corrected chi connectivity index (χ3v) is 5.99. The average Bonchev–Trinajstić information content (AvgIpc) is 3.22. The largest absolute Gasteiger partial charge is 0.481 e. The molecule has 1 fully saturated rings. The van der Waals surface area contributed by atoms with Gasteiger partial charge in [-0.05, 0) is 54.7 Å². The van der Waals surface area contributed by atoms with Crippen LogP contribution in [0.4, 0.5) is 0 Å². The fourth-order valence-corrected chi connectivity index (χ4v) is 4.50. The van der Waals surface area contributed by atoms with Crippen LogP contribution in [0, 0.1) is 17.8 Å². The van der Waals surface area contributed by atoms with Crippen molar-refractivity contribution in [1.82, 2.24) is 0 Å². The van der Waals surface area contributed by atoms with E-state index in [2.05, 4.69) is 36.4 Å². The molecule has 4 heteroatoms. The van der Waals surface area contributed by atoms with Crippen LogP contribution < -0.4 is 0 Å². The van der Waals surface area contributed by atoms with Crippen LogP contribution in [-0.2, 0) is 16.0 Å². The summed E-state index contributed by atoms with van der Waals surface area (Å²) in [7, 11) is 0. The molecule has 2 atom stereocenters. The molecule has 1 aliphatic carbocycles. The molecular formula is C24H28O4. The van der Waals surface area contributed by atoms with E-state index in [1.807, 2.05) is 18.2 Å². The summed E-state index contributed by atoms with van der Waals surface area (Å²) in [5.41, 5.74) is 3.47. The monoisotopic (exact) mass is 380 g/mol. The van der Waals surface area contributed by atoms with Gasteiger partial charge in [-0.1, -0.05) is 67.4 Å². The average molecular weight is 380 g/mol. The number of carboxylic acid groups (broad SMARTS) is 2. The van der Waals surface area contributed by atoms with Crippen LogP contribution in [0.2, 0.25) is 0 Å². The highest BCUT2D eigenvalue weighted by Gasteiger charge is 2.40. The Morgan fingerprint density at radius 3 is 2.04 bits per heavy atom. The highest BCUT2D eigenvalue weighted by Crippen LogP contribution is 2.37. The first-order valence-electron chi connectivity index (χ1n) is 10.2. The molecule has 4 nitrogen and oxygen atoms in total. The topological polar surface area (TPSA) is 74.6 Å². The van der Waals surface area contributed by atoms with E-state index in [1.54, 1.807) is 0 Å². The summed E-state index contributed by atoms with van der Waals surface area (Å²) in [6.45, 7) is 0. The summed E-state index contributed by atoms with van der Waals surface area (Å²) >= 11 is 0. The van der Waals surface area contributed by atoms with Gasteiger partial charge >= 0.3 is 11.9 Å². The summed E-state index contributed by atoms with van der Waals surface area (Å²) in [5.74, 6) is -3.49. The minimum absolute atomic E-state index is 0.00348. The lowest BCUT2D eigenvalue weighted by molar-refractivity contribution is -0.156. The first kappa shape index (κ1) is 20.1. The van der Waals surface area contributed by atoms with Crippen LogP contribution in [0.1, 0.15) is 44.1 Å². The first-order chi connectivity index (χ1) is 13.6. The van der Waals surface area contributed by atoms with Gasteiger partial charge in [-0.15, -0.1) is 0 Å². The summed E-state index contributed by atoms with van der Waals surface area (Å²) in [5, 5.41) is 19.3. The minimum Gasteiger partial charge on any atom is -0.481 e. The molecule has 28 heavy (non-hydrogen) atoms. The van der Waals surface area contributed by atoms with Gasteiger partial charge in [0.1, 0.15) is 0 Å². The van der Waals surface area contributed by atoms with Crippen molar-refractivity contribution in [3.63, 3.8) is 0 Å². The molecule has 1 saturated carbocycles. The van der Waals surface area contributed by atoms with E-state index in [0.717, 1.165) is 43.2 Å². The molecule has 0 amide bonds. The van der Waals surface area contributed by atoms with Crippen molar-refractivity contribution in [2.75, 3.05) is 0 Å². The Balaban J connectivity index is 1.60. The molecule has 0 radical (unpaired) electrons. The van der Waals surface area contributed by atoms with Gasteiger partial charge in [0.25, 0.3) is 0 Å². The van der Waals surface area contributed by atoms with E-state index >= 15 is 0 Å². The van der Waals surface area contributed by atoms with Crippen molar-refractivity contribution in [3.8, 4) is 11.1 Å². The van der Waals surface area contributed by atoms with Gasteiger partial charge in [-0.2, -0.15) is 0 Å². The minimum atomic E-state index is -0.973. The lowest BCUT2D eigenvalue weighted by Crippen LogP contribution is -2.34. The zero-order chi connectivity index (χ0) is 19.9. The fourth-order valence-electron chi connectivity index (χ4n) is 4.50. The fraction of sp³-hybridized carbons (Fsp3) is 0.417. The molecule has 148 valence electrons. The van der Waals surface area contributed by atoms with Crippen molar-refractivity contribution < 1.29 is 19.8 Å². The molecule has 0 spiro atoms. The van der Waals surface area contributed by atoms with Crippen molar-refractivity contribution in [2.24, 2.45) is 17.8 Å². The molecular weight excluding hydrogens is 352 g/mol. The van der Waals surface area contributed by atoms with Crippen LogP contribution in [0.3, 0.4) is 0 Å². The summed E-state index contributed by atoms with van der Waals surface area (Å²) < 4.78 is 0. The number of benzene rings is 2. The summed E-state index contributed by atoms with van der Waals surface area (Å²) in [4.78, 5) is 23.6. The highest BCUT2D eigenvalue weighted by atomic mass is 16.4. The number of hydrogen-bond donors (Lipinski definition) is 2. The number of hydrogen-bond acceptors (Lipinski definition) is 2. The Kier molecular flexibility index (Phi) is 6.85. The molecule has 3 rings (SSSR count). The van der Waals surface area contributed by atoms with Crippen molar-refractivity contribution in [2.45, 2.75) is 44.9 Å². The molecule has 0 aliphatic heterocycles. The standard InChI is InChI=1S/C24H28O4/c25-23(26)21(22(24(27)28)20-10-4-5-11-20)12-6-7-17-13-15-19(16-14-17)18-8-2-1-3-9-18/h1-3,8-9,13-16,20-22H,4-7,10-12H2,(H,25,26)(H,27,28)/t21?,22-/m0/s1. The van der Waals surface area contributed by atoms with E-state index in [-0.39, 0.29) is 5.92 Å². The molecule has 0 aromatic heterocycles. The van der Waals surface area contributed by atoms with Gasteiger partial charge in [-0.3, -0.25) is 9.59 Å². The molecule has 1 unspecified atom stereocenters. The number of aryl methyl sites for hydroxylation is 1. The van der Waals surface area contributed by atoms with E-state index < -0.39 is 23.8 Å². The predicted molar refractivity (Wildman–Crippen MR) is 109 cm³/mol. The molecule has 1 aliphatic rings. The van der Waals surface area contributed by atoms with Gasteiger partial charge in [0.2, 0.25) is 0 Å². The van der Waals surface area contributed by atoms with Crippen LogP contribution in [0.25, 0.3) is 11.1 Å². The molecule has 0 saturated heterocycles. The number of carbonyl (C=O) groups is 2. The van der Waals surface area contributed by atoms with Crippen LogP contribution in [-0.4, -0.2) is 22.2 Å². The van der Waals surface area contributed by atoms with Gasteiger partial charge in [0.15, 0.2) is 0 Å². The lowest BCUT2D eigenvalue weighted by Gasteiger charge is -2.25. The molecule has 2 aromatic rings. The van der Waals surface area contributed by atoms with Gasteiger partial charge in [0.05, 0.1) is 11.8 Å². The second kappa shape index (κ2) is 9.54. The van der Waals surface area contributed by atoms with E-state index in [0.29, 0.717) is 12.8 Å².